The smallest absolute Gasteiger partial charge is 0.147 e. The van der Waals surface area contributed by atoms with Crippen LogP contribution in [0.15, 0.2) is 0 Å². The van der Waals surface area contributed by atoms with Gasteiger partial charge in [-0.05, 0) is 49.9 Å². The third-order valence-corrected chi connectivity index (χ3v) is 6.22. The van der Waals surface area contributed by atoms with Crippen molar-refractivity contribution in [2.75, 3.05) is 12.0 Å². The summed E-state index contributed by atoms with van der Waals surface area (Å²) in [4.78, 5) is 0. The van der Waals surface area contributed by atoms with E-state index < -0.39 is 9.84 Å². The minimum absolute atomic E-state index is 0.120. The molecule has 1 aliphatic rings. The lowest BCUT2D eigenvalue weighted by Crippen LogP contribution is -2.45. The number of hydrogen-bond acceptors (Lipinski definition) is 3. The number of nitrogens with two attached hydrogens (primary N) is 1. The monoisotopic (exact) mass is 289 g/mol. The van der Waals surface area contributed by atoms with Crippen LogP contribution >= 0.6 is 0 Å². The summed E-state index contributed by atoms with van der Waals surface area (Å²) in [6.07, 6.45) is 8.54. The number of rotatable bonds is 6. The normalized spacial score (nSPS) is 29.4. The molecule has 1 fully saturated rings. The largest absolute Gasteiger partial charge is 0.325 e. The molecule has 19 heavy (non-hydrogen) atoms. The molecule has 0 aromatic carbocycles. The molecule has 0 unspecified atom stereocenters. The van der Waals surface area contributed by atoms with Gasteiger partial charge in [0.2, 0.25) is 0 Å². The molecule has 0 amide bonds. The molecule has 1 rings (SSSR count). The van der Waals surface area contributed by atoms with E-state index in [1.165, 1.54) is 25.5 Å². The van der Waals surface area contributed by atoms with Crippen molar-refractivity contribution in [1.82, 2.24) is 0 Å². The Hall–Kier alpha value is -0.0900. The second kappa shape index (κ2) is 6.13. The molecule has 4 heteroatoms. The van der Waals surface area contributed by atoms with E-state index in [1.807, 2.05) is 0 Å². The van der Waals surface area contributed by atoms with Gasteiger partial charge in [-0.25, -0.2) is 8.42 Å². The van der Waals surface area contributed by atoms with Crippen LogP contribution in [0.2, 0.25) is 0 Å². The maximum atomic E-state index is 11.2. The molecule has 2 N–H and O–H groups in total. The van der Waals surface area contributed by atoms with Crippen LogP contribution < -0.4 is 5.73 Å². The average molecular weight is 289 g/mol. The quantitative estimate of drug-likeness (QED) is 0.817. The van der Waals surface area contributed by atoms with Gasteiger partial charge in [-0.3, -0.25) is 0 Å². The Morgan fingerprint density at radius 3 is 2.21 bits per heavy atom. The Morgan fingerprint density at radius 1 is 1.26 bits per heavy atom. The Bertz CT molecular complexity index is 379. The highest BCUT2D eigenvalue weighted by molar-refractivity contribution is 7.90. The predicted octanol–water partition coefficient (Wildman–Crippen LogP) is 3.14. The maximum absolute atomic E-state index is 11.2. The van der Waals surface area contributed by atoms with Crippen molar-refractivity contribution in [3.63, 3.8) is 0 Å². The van der Waals surface area contributed by atoms with Crippen LogP contribution in [0.3, 0.4) is 0 Å². The van der Waals surface area contributed by atoms with Gasteiger partial charge in [0.25, 0.3) is 0 Å². The van der Waals surface area contributed by atoms with Gasteiger partial charge in [-0.2, -0.15) is 0 Å². The maximum Gasteiger partial charge on any atom is 0.147 e. The number of hydrogen-bond donors (Lipinski definition) is 1. The highest BCUT2D eigenvalue weighted by Crippen LogP contribution is 2.43. The Morgan fingerprint density at radius 2 is 1.79 bits per heavy atom. The SMILES string of the molecule is CCC(C)(C)C1CCC(N)(CCCS(C)(=O)=O)CC1. The minimum atomic E-state index is -2.85. The van der Waals surface area contributed by atoms with E-state index in [2.05, 4.69) is 20.8 Å². The first-order chi connectivity index (χ1) is 8.58. The fraction of sp³-hybridized carbons (Fsp3) is 1.00. The minimum Gasteiger partial charge on any atom is -0.325 e. The molecule has 0 aromatic rings. The van der Waals surface area contributed by atoms with Crippen LogP contribution in [0.1, 0.15) is 65.7 Å². The Kier molecular flexibility index (Phi) is 5.47. The van der Waals surface area contributed by atoms with Gasteiger partial charge in [-0.15, -0.1) is 0 Å². The first-order valence-corrected chi connectivity index (χ1v) is 9.61. The van der Waals surface area contributed by atoms with Crippen LogP contribution in [0.4, 0.5) is 0 Å². The van der Waals surface area contributed by atoms with E-state index in [0.29, 0.717) is 11.8 Å². The molecule has 0 atom stereocenters. The van der Waals surface area contributed by atoms with Crippen LogP contribution in [-0.2, 0) is 9.84 Å². The first kappa shape index (κ1) is 17.0. The molecule has 0 spiro atoms. The van der Waals surface area contributed by atoms with Gasteiger partial charge in [0.15, 0.2) is 0 Å². The summed E-state index contributed by atoms with van der Waals surface area (Å²) in [5.41, 5.74) is 6.73. The van der Waals surface area contributed by atoms with Crippen LogP contribution in [0.5, 0.6) is 0 Å². The number of sulfone groups is 1. The van der Waals surface area contributed by atoms with Crippen molar-refractivity contribution >= 4 is 9.84 Å². The van der Waals surface area contributed by atoms with E-state index in [1.54, 1.807) is 0 Å². The Labute approximate surface area is 119 Å². The van der Waals surface area contributed by atoms with Gasteiger partial charge >= 0.3 is 0 Å². The summed E-state index contributed by atoms with van der Waals surface area (Å²) in [5.74, 6) is 1.04. The van der Waals surface area contributed by atoms with Crippen molar-refractivity contribution < 1.29 is 8.42 Å². The van der Waals surface area contributed by atoms with E-state index in [4.69, 9.17) is 5.73 Å². The van der Waals surface area contributed by atoms with Crippen LogP contribution in [-0.4, -0.2) is 26.0 Å². The molecular formula is C15H31NO2S. The molecule has 0 bridgehead atoms. The summed E-state index contributed by atoms with van der Waals surface area (Å²) in [5, 5.41) is 0. The van der Waals surface area contributed by atoms with E-state index in [0.717, 1.165) is 25.2 Å². The molecule has 3 nitrogen and oxygen atoms in total. The molecule has 0 saturated heterocycles. The molecular weight excluding hydrogens is 258 g/mol. The van der Waals surface area contributed by atoms with Gasteiger partial charge in [0.05, 0.1) is 0 Å². The third-order valence-electron chi connectivity index (χ3n) is 5.19. The van der Waals surface area contributed by atoms with Crippen molar-refractivity contribution in [1.29, 1.82) is 0 Å². The van der Waals surface area contributed by atoms with Gasteiger partial charge in [0.1, 0.15) is 9.84 Å². The van der Waals surface area contributed by atoms with E-state index in [-0.39, 0.29) is 11.3 Å². The second-order valence-corrected chi connectivity index (χ2v) is 9.47. The highest BCUT2D eigenvalue weighted by Gasteiger charge is 2.37. The summed E-state index contributed by atoms with van der Waals surface area (Å²) in [6.45, 7) is 6.96. The lowest BCUT2D eigenvalue weighted by atomic mass is 9.65. The molecule has 1 aliphatic carbocycles. The zero-order chi connectivity index (χ0) is 14.7. The van der Waals surface area contributed by atoms with Gasteiger partial charge < -0.3 is 5.73 Å². The summed E-state index contributed by atoms with van der Waals surface area (Å²) >= 11 is 0. The van der Waals surface area contributed by atoms with Crippen LogP contribution in [0.25, 0.3) is 0 Å². The fourth-order valence-corrected chi connectivity index (χ4v) is 3.87. The fourth-order valence-electron chi connectivity index (χ4n) is 3.20. The Balaban J connectivity index is 2.43. The van der Waals surface area contributed by atoms with Crippen molar-refractivity contribution in [3.05, 3.63) is 0 Å². The predicted molar refractivity (Wildman–Crippen MR) is 81.9 cm³/mol. The molecule has 114 valence electrons. The lowest BCUT2D eigenvalue weighted by molar-refractivity contribution is 0.111. The van der Waals surface area contributed by atoms with Gasteiger partial charge in [-0.1, -0.05) is 27.2 Å². The topological polar surface area (TPSA) is 60.2 Å². The average Bonchev–Trinajstić information content (AvgIpc) is 2.27. The molecule has 0 aromatic heterocycles. The van der Waals surface area contributed by atoms with E-state index in [9.17, 15) is 8.42 Å². The summed E-state index contributed by atoms with van der Waals surface area (Å²) in [7, 11) is -2.85. The summed E-state index contributed by atoms with van der Waals surface area (Å²) < 4.78 is 22.3. The highest BCUT2D eigenvalue weighted by atomic mass is 32.2. The van der Waals surface area contributed by atoms with Gasteiger partial charge in [0, 0.05) is 17.5 Å². The first-order valence-electron chi connectivity index (χ1n) is 7.55. The summed E-state index contributed by atoms with van der Waals surface area (Å²) in [6, 6.07) is 0. The molecule has 0 aliphatic heterocycles. The zero-order valence-corrected chi connectivity index (χ0v) is 13.9. The molecule has 0 heterocycles. The standard InChI is InChI=1S/C15H31NO2S/c1-5-14(2,3)13-7-10-15(16,11-8-13)9-6-12-19(4,17)18/h13H,5-12,16H2,1-4H3. The lowest BCUT2D eigenvalue weighted by Gasteiger charge is -2.43. The zero-order valence-electron chi connectivity index (χ0n) is 13.0. The second-order valence-electron chi connectivity index (χ2n) is 7.21. The molecule has 1 saturated carbocycles. The van der Waals surface area contributed by atoms with E-state index >= 15 is 0 Å². The van der Waals surface area contributed by atoms with Crippen molar-refractivity contribution in [2.45, 2.75) is 71.3 Å². The van der Waals surface area contributed by atoms with Crippen molar-refractivity contribution in [3.8, 4) is 0 Å². The third kappa shape index (κ3) is 5.42. The molecule has 0 radical (unpaired) electrons. The van der Waals surface area contributed by atoms with Crippen molar-refractivity contribution in [2.24, 2.45) is 17.1 Å². The van der Waals surface area contributed by atoms with Crippen LogP contribution in [0, 0.1) is 11.3 Å².